The van der Waals surface area contributed by atoms with Crippen LogP contribution >= 0.6 is 0 Å². The van der Waals surface area contributed by atoms with Crippen LogP contribution in [0.5, 0.6) is 0 Å². The van der Waals surface area contributed by atoms with E-state index in [1.54, 1.807) is 0 Å². The van der Waals surface area contributed by atoms with E-state index < -0.39 is 0 Å². The van der Waals surface area contributed by atoms with Crippen molar-refractivity contribution in [3.63, 3.8) is 0 Å². The third-order valence-electron chi connectivity index (χ3n) is 5.18. The Morgan fingerprint density at radius 3 is 2.09 bits per heavy atom. The Hall–Kier alpha value is -1.60. The number of benzene rings is 2. The van der Waals surface area contributed by atoms with Crippen molar-refractivity contribution < 1.29 is 0 Å². The molecule has 0 aliphatic carbocycles. The van der Waals surface area contributed by atoms with Crippen molar-refractivity contribution >= 4 is 0 Å². The fourth-order valence-electron chi connectivity index (χ4n) is 4.03. The van der Waals surface area contributed by atoms with Crippen molar-refractivity contribution in [1.82, 2.24) is 4.90 Å². The lowest BCUT2D eigenvalue weighted by molar-refractivity contribution is 0.184. The fraction of sp³-hybridized carbons (Fsp3) is 0.455. The van der Waals surface area contributed by atoms with Crippen LogP contribution in [0.1, 0.15) is 43.7 Å². The SMILES string of the molecule is CCCN1C(CCc2ccccc2)CCC1Cc1ccccc1. The van der Waals surface area contributed by atoms with Crippen LogP contribution in [-0.2, 0) is 12.8 Å². The van der Waals surface area contributed by atoms with Crippen LogP contribution in [0, 0.1) is 0 Å². The Morgan fingerprint density at radius 1 is 0.826 bits per heavy atom. The van der Waals surface area contributed by atoms with Crippen molar-refractivity contribution in [2.45, 2.75) is 57.5 Å². The van der Waals surface area contributed by atoms with Crippen LogP contribution in [0.15, 0.2) is 60.7 Å². The lowest BCUT2D eigenvalue weighted by atomic mass is 10.0. The maximum atomic E-state index is 2.80. The number of hydrogen-bond acceptors (Lipinski definition) is 1. The van der Waals surface area contributed by atoms with Gasteiger partial charge in [-0.2, -0.15) is 0 Å². The van der Waals surface area contributed by atoms with Crippen molar-refractivity contribution in [1.29, 1.82) is 0 Å². The Labute approximate surface area is 141 Å². The molecule has 2 aromatic rings. The molecule has 0 bridgehead atoms. The summed E-state index contributed by atoms with van der Waals surface area (Å²) in [6.07, 6.45) is 7.70. The average molecular weight is 307 g/mol. The monoisotopic (exact) mass is 307 g/mol. The van der Waals surface area contributed by atoms with E-state index in [0.717, 1.165) is 12.1 Å². The molecule has 1 heteroatoms. The summed E-state index contributed by atoms with van der Waals surface area (Å²) in [5.74, 6) is 0. The van der Waals surface area contributed by atoms with E-state index in [2.05, 4.69) is 72.5 Å². The molecule has 0 saturated carbocycles. The molecule has 2 unspecified atom stereocenters. The van der Waals surface area contributed by atoms with Gasteiger partial charge in [-0.15, -0.1) is 0 Å². The lowest BCUT2D eigenvalue weighted by Crippen LogP contribution is -2.38. The summed E-state index contributed by atoms with van der Waals surface area (Å²) in [5.41, 5.74) is 2.97. The number of hydrogen-bond donors (Lipinski definition) is 0. The molecular formula is C22H29N. The zero-order chi connectivity index (χ0) is 15.9. The highest BCUT2D eigenvalue weighted by molar-refractivity contribution is 5.17. The summed E-state index contributed by atoms with van der Waals surface area (Å²) < 4.78 is 0. The molecule has 2 aromatic carbocycles. The predicted molar refractivity (Wildman–Crippen MR) is 98.7 cm³/mol. The molecule has 1 fully saturated rings. The first-order valence-electron chi connectivity index (χ1n) is 9.20. The second kappa shape index (κ2) is 8.31. The summed E-state index contributed by atoms with van der Waals surface area (Å²) in [7, 11) is 0. The first-order chi connectivity index (χ1) is 11.4. The van der Waals surface area contributed by atoms with E-state index in [9.17, 15) is 0 Å². The molecule has 3 rings (SSSR count). The normalized spacial score (nSPS) is 21.6. The average Bonchev–Trinajstić information content (AvgIpc) is 2.97. The van der Waals surface area contributed by atoms with E-state index in [1.807, 2.05) is 0 Å². The van der Waals surface area contributed by atoms with Crippen LogP contribution in [-0.4, -0.2) is 23.5 Å². The summed E-state index contributed by atoms with van der Waals surface area (Å²) >= 11 is 0. The summed E-state index contributed by atoms with van der Waals surface area (Å²) in [6, 6.07) is 23.5. The number of aryl methyl sites for hydroxylation is 1. The summed E-state index contributed by atoms with van der Waals surface area (Å²) in [4.78, 5) is 2.80. The van der Waals surface area contributed by atoms with Crippen LogP contribution in [0.25, 0.3) is 0 Å². The molecule has 0 N–H and O–H groups in total. The third-order valence-corrected chi connectivity index (χ3v) is 5.18. The minimum absolute atomic E-state index is 0.734. The maximum absolute atomic E-state index is 2.80. The Bertz CT molecular complexity index is 563. The second-order valence-corrected chi connectivity index (χ2v) is 6.84. The molecule has 0 aromatic heterocycles. The molecule has 1 saturated heterocycles. The lowest BCUT2D eigenvalue weighted by Gasteiger charge is -2.30. The van der Waals surface area contributed by atoms with E-state index in [4.69, 9.17) is 0 Å². The zero-order valence-electron chi connectivity index (χ0n) is 14.3. The quantitative estimate of drug-likeness (QED) is 0.687. The standard InChI is InChI=1S/C22H29N/c1-2-17-23-21(14-13-19-9-5-3-6-10-19)15-16-22(23)18-20-11-7-4-8-12-20/h3-12,21-22H,2,13-18H2,1H3. The Morgan fingerprint density at radius 2 is 1.43 bits per heavy atom. The van der Waals surface area contributed by atoms with Crippen LogP contribution in [0.4, 0.5) is 0 Å². The topological polar surface area (TPSA) is 3.24 Å². The number of rotatable bonds is 7. The van der Waals surface area contributed by atoms with Gasteiger partial charge in [0.25, 0.3) is 0 Å². The van der Waals surface area contributed by atoms with Crippen LogP contribution < -0.4 is 0 Å². The van der Waals surface area contributed by atoms with Crippen LogP contribution in [0.3, 0.4) is 0 Å². The molecule has 1 aliphatic rings. The third kappa shape index (κ3) is 4.45. The highest BCUT2D eigenvalue weighted by Crippen LogP contribution is 2.29. The molecule has 0 spiro atoms. The van der Waals surface area contributed by atoms with Crippen LogP contribution in [0.2, 0.25) is 0 Å². The van der Waals surface area contributed by atoms with Gasteiger partial charge in [0, 0.05) is 12.1 Å². The highest BCUT2D eigenvalue weighted by atomic mass is 15.2. The smallest absolute Gasteiger partial charge is 0.0139 e. The zero-order valence-corrected chi connectivity index (χ0v) is 14.3. The molecule has 1 heterocycles. The van der Waals surface area contributed by atoms with Gasteiger partial charge in [0.15, 0.2) is 0 Å². The van der Waals surface area contributed by atoms with Crippen molar-refractivity contribution in [2.75, 3.05) is 6.54 Å². The minimum atomic E-state index is 0.734. The van der Waals surface area contributed by atoms with Gasteiger partial charge in [-0.05, 0) is 56.2 Å². The summed E-state index contributed by atoms with van der Waals surface area (Å²) in [5, 5.41) is 0. The van der Waals surface area contributed by atoms with E-state index in [0.29, 0.717) is 0 Å². The van der Waals surface area contributed by atoms with Crippen molar-refractivity contribution in [3.8, 4) is 0 Å². The molecule has 2 atom stereocenters. The molecular weight excluding hydrogens is 278 g/mol. The van der Waals surface area contributed by atoms with E-state index in [-0.39, 0.29) is 0 Å². The fourth-order valence-corrected chi connectivity index (χ4v) is 4.03. The largest absolute Gasteiger partial charge is 0.297 e. The van der Waals surface area contributed by atoms with Gasteiger partial charge < -0.3 is 0 Å². The Balaban J connectivity index is 1.60. The summed E-state index contributed by atoms with van der Waals surface area (Å²) in [6.45, 7) is 3.56. The van der Waals surface area contributed by atoms with E-state index >= 15 is 0 Å². The second-order valence-electron chi connectivity index (χ2n) is 6.84. The highest BCUT2D eigenvalue weighted by Gasteiger charge is 2.32. The first-order valence-corrected chi connectivity index (χ1v) is 9.20. The molecule has 1 nitrogen and oxygen atoms in total. The molecule has 122 valence electrons. The van der Waals surface area contributed by atoms with E-state index in [1.165, 1.54) is 56.2 Å². The van der Waals surface area contributed by atoms with Gasteiger partial charge in [-0.1, -0.05) is 67.6 Å². The van der Waals surface area contributed by atoms with Gasteiger partial charge in [-0.25, -0.2) is 0 Å². The molecule has 0 radical (unpaired) electrons. The van der Waals surface area contributed by atoms with Gasteiger partial charge in [0.2, 0.25) is 0 Å². The maximum Gasteiger partial charge on any atom is 0.0139 e. The minimum Gasteiger partial charge on any atom is -0.297 e. The predicted octanol–water partition coefficient (Wildman–Crippen LogP) is 5.10. The number of nitrogens with zero attached hydrogens (tertiary/aromatic N) is 1. The molecule has 23 heavy (non-hydrogen) atoms. The van der Waals surface area contributed by atoms with Gasteiger partial charge in [0.05, 0.1) is 0 Å². The van der Waals surface area contributed by atoms with Gasteiger partial charge in [-0.3, -0.25) is 4.90 Å². The van der Waals surface area contributed by atoms with Gasteiger partial charge >= 0.3 is 0 Å². The number of likely N-dealkylation sites (tertiary alicyclic amines) is 1. The Kier molecular flexibility index (Phi) is 5.87. The van der Waals surface area contributed by atoms with Crippen molar-refractivity contribution in [3.05, 3.63) is 71.8 Å². The van der Waals surface area contributed by atoms with Gasteiger partial charge in [0.1, 0.15) is 0 Å². The first kappa shape index (κ1) is 16.3. The van der Waals surface area contributed by atoms with Crippen molar-refractivity contribution in [2.24, 2.45) is 0 Å². The molecule has 1 aliphatic heterocycles. The molecule has 0 amide bonds.